The minimum absolute atomic E-state index is 0.297. The molecule has 0 bridgehead atoms. The summed E-state index contributed by atoms with van der Waals surface area (Å²) in [6.07, 6.45) is 6.45. The summed E-state index contributed by atoms with van der Waals surface area (Å²) in [6.45, 7) is 2.77. The van der Waals surface area contributed by atoms with Gasteiger partial charge in [-0.2, -0.15) is 0 Å². The molecule has 3 heterocycles. The molecule has 168 valence electrons. The molecular formula is C25H31N5O2. The summed E-state index contributed by atoms with van der Waals surface area (Å²) in [4.78, 5) is 25.1. The van der Waals surface area contributed by atoms with Gasteiger partial charge in [0.2, 0.25) is 0 Å². The third-order valence-electron chi connectivity index (χ3n) is 7.05. The van der Waals surface area contributed by atoms with Gasteiger partial charge in [-0.15, -0.1) is 0 Å². The highest BCUT2D eigenvalue weighted by Gasteiger charge is 2.28. The molecule has 1 aromatic carbocycles. The lowest BCUT2D eigenvalue weighted by Crippen LogP contribution is -2.40. The van der Waals surface area contributed by atoms with Crippen LogP contribution in [0.5, 0.6) is 0 Å². The highest BCUT2D eigenvalue weighted by Crippen LogP contribution is 2.33. The fourth-order valence-electron chi connectivity index (χ4n) is 5.44. The standard InChI is InChI=1S/C25H31N5O2/c1-28(22-12-4-8-19-9-5-13-26-24(19)22)17-23-27-20-10-2-3-11-21(20)30(23)16-18-7-6-14-29(15-18)25(31)32/h2-3,5,9-11,13,18,22H,4,6-8,12,14-17H2,1H3,(H,31,32)/t18-,22-/m0/s1. The number of imidazole rings is 1. The van der Waals surface area contributed by atoms with Crippen LogP contribution in [0.2, 0.25) is 0 Å². The van der Waals surface area contributed by atoms with Crippen LogP contribution in [0.1, 0.15) is 48.8 Å². The number of benzene rings is 1. The van der Waals surface area contributed by atoms with E-state index in [2.05, 4.69) is 40.8 Å². The Kier molecular flexibility index (Phi) is 5.83. The van der Waals surface area contributed by atoms with Crippen LogP contribution in [0.4, 0.5) is 4.79 Å². The Morgan fingerprint density at radius 1 is 1.19 bits per heavy atom. The molecule has 7 nitrogen and oxygen atoms in total. The lowest BCUT2D eigenvalue weighted by Gasteiger charge is -2.33. The quantitative estimate of drug-likeness (QED) is 0.648. The van der Waals surface area contributed by atoms with Gasteiger partial charge in [0, 0.05) is 25.8 Å². The molecule has 1 aliphatic heterocycles. The molecule has 7 heteroatoms. The first kappa shape index (κ1) is 20.9. The van der Waals surface area contributed by atoms with Crippen molar-refractivity contribution in [1.29, 1.82) is 0 Å². The largest absolute Gasteiger partial charge is 0.465 e. The summed E-state index contributed by atoms with van der Waals surface area (Å²) in [6, 6.07) is 12.8. The third kappa shape index (κ3) is 4.09. The number of piperidine rings is 1. The normalized spacial score (nSPS) is 21.1. The summed E-state index contributed by atoms with van der Waals surface area (Å²) in [5.74, 6) is 1.35. The molecule has 32 heavy (non-hydrogen) atoms. The van der Waals surface area contributed by atoms with Crippen LogP contribution < -0.4 is 0 Å². The van der Waals surface area contributed by atoms with E-state index in [1.165, 1.54) is 17.7 Å². The lowest BCUT2D eigenvalue weighted by atomic mass is 9.91. The van der Waals surface area contributed by atoms with Crippen molar-refractivity contribution in [3.63, 3.8) is 0 Å². The molecular weight excluding hydrogens is 402 g/mol. The molecule has 0 saturated carbocycles. The molecule has 0 unspecified atom stereocenters. The van der Waals surface area contributed by atoms with Gasteiger partial charge in [-0.3, -0.25) is 9.88 Å². The first-order valence-electron chi connectivity index (χ1n) is 11.7. The number of para-hydroxylation sites is 2. The minimum atomic E-state index is -0.811. The Hall–Kier alpha value is -2.93. The molecule has 0 spiro atoms. The molecule has 1 N–H and O–H groups in total. The van der Waals surface area contributed by atoms with Crippen molar-refractivity contribution in [3.8, 4) is 0 Å². The van der Waals surface area contributed by atoms with Gasteiger partial charge in [0.05, 0.1) is 29.3 Å². The van der Waals surface area contributed by atoms with Crippen LogP contribution in [0.3, 0.4) is 0 Å². The monoisotopic (exact) mass is 433 g/mol. The van der Waals surface area contributed by atoms with Crippen LogP contribution in [0.15, 0.2) is 42.6 Å². The topological polar surface area (TPSA) is 74.5 Å². The summed E-state index contributed by atoms with van der Waals surface area (Å²) in [7, 11) is 2.17. The molecule has 2 atom stereocenters. The van der Waals surface area contributed by atoms with Gasteiger partial charge in [0.25, 0.3) is 0 Å². The molecule has 2 aromatic heterocycles. The van der Waals surface area contributed by atoms with E-state index in [1.807, 2.05) is 18.3 Å². The molecule has 3 aromatic rings. The Balaban J connectivity index is 1.41. The fraction of sp³-hybridized carbons (Fsp3) is 0.480. The van der Waals surface area contributed by atoms with E-state index < -0.39 is 6.09 Å². The molecule has 2 aliphatic rings. The zero-order valence-corrected chi connectivity index (χ0v) is 18.7. The van der Waals surface area contributed by atoms with Gasteiger partial charge >= 0.3 is 6.09 Å². The van der Waals surface area contributed by atoms with E-state index in [1.54, 1.807) is 4.90 Å². The second kappa shape index (κ2) is 8.90. The smallest absolute Gasteiger partial charge is 0.407 e. The number of aryl methyl sites for hydroxylation is 1. The van der Waals surface area contributed by atoms with E-state index in [9.17, 15) is 9.90 Å². The van der Waals surface area contributed by atoms with Gasteiger partial charge in [-0.1, -0.05) is 18.2 Å². The van der Waals surface area contributed by atoms with Gasteiger partial charge in [0.1, 0.15) is 5.82 Å². The van der Waals surface area contributed by atoms with E-state index in [-0.39, 0.29) is 0 Å². The molecule has 0 radical (unpaired) electrons. The number of hydrogen-bond acceptors (Lipinski definition) is 4. The van der Waals surface area contributed by atoms with Crippen molar-refractivity contribution < 1.29 is 9.90 Å². The summed E-state index contributed by atoms with van der Waals surface area (Å²) >= 11 is 0. The van der Waals surface area contributed by atoms with Crippen LogP contribution in [-0.2, 0) is 19.5 Å². The van der Waals surface area contributed by atoms with Crippen molar-refractivity contribution in [2.75, 3.05) is 20.1 Å². The molecule has 1 amide bonds. The van der Waals surface area contributed by atoms with Crippen LogP contribution in [0, 0.1) is 5.92 Å². The number of carbonyl (C=O) groups is 1. The number of likely N-dealkylation sites (tertiary alicyclic amines) is 1. The Labute approximate surface area is 188 Å². The molecule has 1 fully saturated rings. The SMILES string of the molecule is CN(Cc1nc2ccccc2n1C[C@H]1CCCN(C(=O)O)C1)[C@H]1CCCc2cccnc21. The Morgan fingerprint density at radius 3 is 2.94 bits per heavy atom. The maximum Gasteiger partial charge on any atom is 0.407 e. The third-order valence-corrected chi connectivity index (χ3v) is 7.05. The summed E-state index contributed by atoms with van der Waals surface area (Å²) in [5, 5.41) is 9.45. The Bertz CT molecular complexity index is 1110. The highest BCUT2D eigenvalue weighted by atomic mass is 16.4. The van der Waals surface area contributed by atoms with Crippen LogP contribution in [-0.4, -0.2) is 55.7 Å². The van der Waals surface area contributed by atoms with Crippen molar-refractivity contribution in [3.05, 3.63) is 59.7 Å². The maximum atomic E-state index is 11.5. The van der Waals surface area contributed by atoms with E-state index in [0.29, 0.717) is 25.0 Å². The van der Waals surface area contributed by atoms with Gasteiger partial charge < -0.3 is 14.6 Å². The molecule has 5 rings (SSSR count). The average molecular weight is 434 g/mol. The molecule has 1 aliphatic carbocycles. The maximum absolute atomic E-state index is 11.5. The van der Waals surface area contributed by atoms with E-state index in [4.69, 9.17) is 9.97 Å². The highest BCUT2D eigenvalue weighted by molar-refractivity contribution is 5.75. The lowest BCUT2D eigenvalue weighted by molar-refractivity contribution is 0.116. The van der Waals surface area contributed by atoms with Crippen LogP contribution in [0.25, 0.3) is 11.0 Å². The number of fused-ring (bicyclic) bond motifs is 2. The zero-order valence-electron chi connectivity index (χ0n) is 18.7. The van der Waals surface area contributed by atoms with Gasteiger partial charge in [-0.05, 0) is 68.8 Å². The number of pyridine rings is 1. The second-order valence-corrected chi connectivity index (χ2v) is 9.24. The molecule has 1 saturated heterocycles. The predicted octanol–water partition coefficient (Wildman–Crippen LogP) is 4.33. The summed E-state index contributed by atoms with van der Waals surface area (Å²) in [5.41, 5.74) is 4.70. The number of carboxylic acid groups (broad SMARTS) is 1. The minimum Gasteiger partial charge on any atom is -0.465 e. The zero-order chi connectivity index (χ0) is 22.1. The Morgan fingerprint density at radius 2 is 2.06 bits per heavy atom. The second-order valence-electron chi connectivity index (χ2n) is 9.24. The number of hydrogen-bond donors (Lipinski definition) is 1. The summed E-state index contributed by atoms with van der Waals surface area (Å²) < 4.78 is 2.32. The predicted molar refractivity (Wildman–Crippen MR) is 123 cm³/mol. The van der Waals surface area contributed by atoms with Crippen molar-refractivity contribution in [1.82, 2.24) is 24.3 Å². The van der Waals surface area contributed by atoms with E-state index >= 15 is 0 Å². The van der Waals surface area contributed by atoms with Crippen molar-refractivity contribution in [2.24, 2.45) is 5.92 Å². The van der Waals surface area contributed by atoms with Gasteiger partial charge in [0.15, 0.2) is 0 Å². The number of aromatic nitrogens is 3. The number of rotatable bonds is 5. The number of nitrogens with zero attached hydrogens (tertiary/aromatic N) is 5. The van der Waals surface area contributed by atoms with Crippen molar-refractivity contribution >= 4 is 17.1 Å². The first-order chi connectivity index (χ1) is 15.6. The van der Waals surface area contributed by atoms with Gasteiger partial charge in [-0.25, -0.2) is 9.78 Å². The van der Waals surface area contributed by atoms with Crippen molar-refractivity contribution in [2.45, 2.75) is 51.2 Å². The number of amides is 1. The first-order valence-corrected chi connectivity index (χ1v) is 11.7. The van der Waals surface area contributed by atoms with E-state index in [0.717, 1.165) is 55.6 Å². The average Bonchev–Trinajstić information content (AvgIpc) is 3.15. The van der Waals surface area contributed by atoms with Crippen LogP contribution >= 0.6 is 0 Å². The fourth-order valence-corrected chi connectivity index (χ4v) is 5.44.